The van der Waals surface area contributed by atoms with Crippen molar-refractivity contribution >= 4 is 5.78 Å². The Labute approximate surface area is 75.9 Å². The molecule has 0 heterocycles. The highest BCUT2D eigenvalue weighted by atomic mass is 16.1. The summed E-state index contributed by atoms with van der Waals surface area (Å²) in [5, 5.41) is 0. The standard InChI is InChI=1S/C11H20O/c1-9(2)6-7-10(12)8-11(3,4)5/h6H,7-8H2,1-5H3. The van der Waals surface area contributed by atoms with Crippen molar-refractivity contribution in [2.24, 2.45) is 5.41 Å². The van der Waals surface area contributed by atoms with Crippen molar-refractivity contribution in [3.63, 3.8) is 0 Å². The summed E-state index contributed by atoms with van der Waals surface area (Å²) in [5.74, 6) is 0.337. The Hall–Kier alpha value is -0.590. The van der Waals surface area contributed by atoms with Crippen molar-refractivity contribution in [3.05, 3.63) is 11.6 Å². The lowest BCUT2D eigenvalue weighted by molar-refractivity contribution is -0.119. The van der Waals surface area contributed by atoms with E-state index in [4.69, 9.17) is 0 Å². The minimum absolute atomic E-state index is 0.132. The number of hydrogen-bond donors (Lipinski definition) is 0. The molecule has 0 spiro atoms. The molecule has 0 fully saturated rings. The summed E-state index contributed by atoms with van der Waals surface area (Å²) in [6.45, 7) is 10.3. The van der Waals surface area contributed by atoms with Crippen LogP contribution in [0.5, 0.6) is 0 Å². The average molecular weight is 168 g/mol. The van der Waals surface area contributed by atoms with E-state index in [0.717, 1.165) is 0 Å². The topological polar surface area (TPSA) is 17.1 Å². The fourth-order valence-corrected chi connectivity index (χ4v) is 0.982. The van der Waals surface area contributed by atoms with Crippen molar-refractivity contribution in [3.8, 4) is 0 Å². The molecule has 0 unspecified atom stereocenters. The highest BCUT2D eigenvalue weighted by Crippen LogP contribution is 2.19. The van der Waals surface area contributed by atoms with Crippen LogP contribution in [-0.4, -0.2) is 5.78 Å². The van der Waals surface area contributed by atoms with Crippen molar-refractivity contribution in [1.82, 2.24) is 0 Å². The van der Waals surface area contributed by atoms with Crippen LogP contribution in [-0.2, 0) is 4.79 Å². The maximum atomic E-state index is 11.3. The molecule has 0 aromatic heterocycles. The van der Waals surface area contributed by atoms with Crippen molar-refractivity contribution < 1.29 is 4.79 Å². The third-order valence-corrected chi connectivity index (χ3v) is 1.47. The number of allylic oxidation sites excluding steroid dienone is 2. The first-order valence-corrected chi connectivity index (χ1v) is 4.46. The van der Waals surface area contributed by atoms with Gasteiger partial charge in [-0.3, -0.25) is 4.79 Å². The van der Waals surface area contributed by atoms with E-state index in [0.29, 0.717) is 18.6 Å². The predicted molar refractivity (Wildman–Crippen MR) is 53.1 cm³/mol. The zero-order valence-electron chi connectivity index (χ0n) is 8.90. The highest BCUT2D eigenvalue weighted by Gasteiger charge is 2.14. The lowest BCUT2D eigenvalue weighted by Gasteiger charge is -2.15. The van der Waals surface area contributed by atoms with Crippen LogP contribution < -0.4 is 0 Å². The van der Waals surface area contributed by atoms with Gasteiger partial charge < -0.3 is 0 Å². The zero-order chi connectivity index (χ0) is 9.78. The summed E-state index contributed by atoms with van der Waals surface area (Å²) in [4.78, 5) is 11.3. The Morgan fingerprint density at radius 3 is 2.08 bits per heavy atom. The van der Waals surface area contributed by atoms with Gasteiger partial charge >= 0.3 is 0 Å². The highest BCUT2D eigenvalue weighted by molar-refractivity contribution is 5.80. The van der Waals surface area contributed by atoms with Gasteiger partial charge in [0.25, 0.3) is 0 Å². The molecule has 0 aliphatic rings. The summed E-state index contributed by atoms with van der Waals surface area (Å²) < 4.78 is 0. The second-order valence-corrected chi connectivity index (χ2v) is 4.76. The summed E-state index contributed by atoms with van der Waals surface area (Å²) >= 11 is 0. The Balaban J connectivity index is 3.84. The van der Waals surface area contributed by atoms with Crippen LogP contribution in [0.25, 0.3) is 0 Å². The molecule has 0 aromatic carbocycles. The number of carbonyl (C=O) groups is 1. The molecule has 0 aromatic rings. The molecule has 0 atom stereocenters. The average Bonchev–Trinajstić information content (AvgIpc) is 1.79. The molecular weight excluding hydrogens is 148 g/mol. The van der Waals surface area contributed by atoms with Gasteiger partial charge in [0.15, 0.2) is 0 Å². The monoisotopic (exact) mass is 168 g/mol. The molecule has 12 heavy (non-hydrogen) atoms. The van der Waals surface area contributed by atoms with E-state index in [1.807, 2.05) is 19.9 Å². The fraction of sp³-hybridized carbons (Fsp3) is 0.727. The van der Waals surface area contributed by atoms with E-state index < -0.39 is 0 Å². The molecule has 1 heteroatoms. The summed E-state index contributed by atoms with van der Waals surface area (Å²) in [6.07, 6.45) is 3.27. The molecule has 0 saturated carbocycles. The van der Waals surface area contributed by atoms with E-state index in [-0.39, 0.29) is 5.41 Å². The molecule has 0 N–H and O–H groups in total. The zero-order valence-corrected chi connectivity index (χ0v) is 8.90. The van der Waals surface area contributed by atoms with Crippen molar-refractivity contribution in [2.75, 3.05) is 0 Å². The van der Waals surface area contributed by atoms with Gasteiger partial charge in [-0.05, 0) is 19.3 Å². The van der Waals surface area contributed by atoms with Gasteiger partial charge in [0.05, 0.1) is 0 Å². The fourth-order valence-electron chi connectivity index (χ4n) is 0.982. The van der Waals surface area contributed by atoms with E-state index >= 15 is 0 Å². The molecule has 0 bridgehead atoms. The Morgan fingerprint density at radius 2 is 1.75 bits per heavy atom. The van der Waals surface area contributed by atoms with Crippen LogP contribution in [0.15, 0.2) is 11.6 Å². The number of hydrogen-bond acceptors (Lipinski definition) is 1. The lowest BCUT2D eigenvalue weighted by atomic mass is 9.89. The van der Waals surface area contributed by atoms with Crippen LogP contribution >= 0.6 is 0 Å². The molecule has 0 amide bonds. The van der Waals surface area contributed by atoms with Gasteiger partial charge in [0.2, 0.25) is 0 Å². The minimum Gasteiger partial charge on any atom is -0.299 e. The van der Waals surface area contributed by atoms with Crippen molar-refractivity contribution in [1.29, 1.82) is 0 Å². The number of Topliss-reactive ketones (excluding diaryl/α,β-unsaturated/α-hetero) is 1. The number of ketones is 1. The van der Waals surface area contributed by atoms with E-state index in [1.54, 1.807) is 0 Å². The van der Waals surface area contributed by atoms with Gasteiger partial charge in [0, 0.05) is 12.8 Å². The second-order valence-electron chi connectivity index (χ2n) is 4.76. The van der Waals surface area contributed by atoms with Gasteiger partial charge in [-0.25, -0.2) is 0 Å². The number of rotatable bonds is 3. The maximum absolute atomic E-state index is 11.3. The van der Waals surface area contributed by atoms with Gasteiger partial charge in [-0.2, -0.15) is 0 Å². The third-order valence-electron chi connectivity index (χ3n) is 1.47. The Kier molecular flexibility index (Phi) is 4.22. The smallest absolute Gasteiger partial charge is 0.137 e. The van der Waals surface area contributed by atoms with Crippen LogP contribution in [0, 0.1) is 5.41 Å². The first-order chi connectivity index (χ1) is 5.31. The first kappa shape index (κ1) is 11.4. The van der Waals surface area contributed by atoms with Gasteiger partial charge in [0.1, 0.15) is 5.78 Å². The first-order valence-electron chi connectivity index (χ1n) is 4.46. The van der Waals surface area contributed by atoms with Crippen LogP contribution in [0.2, 0.25) is 0 Å². The Morgan fingerprint density at radius 1 is 1.25 bits per heavy atom. The maximum Gasteiger partial charge on any atom is 0.137 e. The largest absolute Gasteiger partial charge is 0.299 e. The predicted octanol–water partition coefficient (Wildman–Crippen LogP) is 3.35. The molecule has 70 valence electrons. The molecule has 0 aliphatic heterocycles. The second kappa shape index (κ2) is 4.44. The summed E-state index contributed by atoms with van der Waals surface area (Å²) in [7, 11) is 0. The normalized spacial score (nSPS) is 11.1. The van der Waals surface area contributed by atoms with E-state index in [2.05, 4.69) is 20.8 Å². The summed E-state index contributed by atoms with van der Waals surface area (Å²) in [5.41, 5.74) is 1.35. The number of carbonyl (C=O) groups excluding carboxylic acids is 1. The quantitative estimate of drug-likeness (QED) is 0.591. The lowest BCUT2D eigenvalue weighted by Crippen LogP contribution is -2.11. The SMILES string of the molecule is CC(C)=CCC(=O)CC(C)(C)C. The molecule has 0 saturated heterocycles. The van der Waals surface area contributed by atoms with Crippen molar-refractivity contribution in [2.45, 2.75) is 47.5 Å². The van der Waals surface area contributed by atoms with Crippen LogP contribution in [0.1, 0.15) is 47.5 Å². The summed E-state index contributed by atoms with van der Waals surface area (Å²) in [6, 6.07) is 0. The molecule has 0 radical (unpaired) electrons. The Bertz CT molecular complexity index is 178. The van der Waals surface area contributed by atoms with E-state index in [1.165, 1.54) is 5.57 Å². The van der Waals surface area contributed by atoms with Crippen LogP contribution in [0.4, 0.5) is 0 Å². The molecule has 0 aliphatic carbocycles. The minimum atomic E-state index is 0.132. The molecule has 1 nitrogen and oxygen atoms in total. The molecule has 0 rings (SSSR count). The third kappa shape index (κ3) is 7.52. The van der Waals surface area contributed by atoms with E-state index in [9.17, 15) is 4.79 Å². The van der Waals surface area contributed by atoms with Crippen LogP contribution in [0.3, 0.4) is 0 Å². The van der Waals surface area contributed by atoms with Gasteiger partial charge in [-0.1, -0.05) is 32.4 Å². The molecular formula is C11H20O. The van der Waals surface area contributed by atoms with Gasteiger partial charge in [-0.15, -0.1) is 0 Å².